The van der Waals surface area contributed by atoms with Crippen LogP contribution in [0.15, 0.2) is 23.0 Å². The number of tetrazole rings is 1. The smallest absolute Gasteiger partial charge is 0.266 e. The number of anilines is 1. The molecule has 0 radical (unpaired) electrons. The Balaban J connectivity index is 1.51. The van der Waals surface area contributed by atoms with Crippen LogP contribution in [0, 0.1) is 19.7 Å². The maximum atomic E-state index is 14.3. The highest BCUT2D eigenvalue weighted by atomic mass is 32.1. The number of halogens is 1. The van der Waals surface area contributed by atoms with Gasteiger partial charge in [0.15, 0.2) is 5.82 Å². The highest BCUT2D eigenvalue weighted by Crippen LogP contribution is 2.29. The number of nitrogens with zero attached hydrogens (tertiary/aromatic N) is 6. The molecule has 0 saturated heterocycles. The van der Waals surface area contributed by atoms with Crippen LogP contribution in [0.5, 0.6) is 0 Å². The molecule has 164 valence electrons. The Morgan fingerprint density at radius 3 is 2.84 bits per heavy atom. The maximum absolute atomic E-state index is 14.3. The van der Waals surface area contributed by atoms with Crippen molar-refractivity contribution in [2.45, 2.75) is 46.1 Å². The molecular formula is C21H20FN7O2S. The summed E-state index contributed by atoms with van der Waals surface area (Å²) in [4.78, 5) is 31.9. The van der Waals surface area contributed by atoms with Crippen molar-refractivity contribution < 1.29 is 9.18 Å². The molecule has 32 heavy (non-hydrogen) atoms. The van der Waals surface area contributed by atoms with Gasteiger partial charge in [0.05, 0.1) is 10.3 Å². The Kier molecular flexibility index (Phi) is 5.04. The highest BCUT2D eigenvalue weighted by molar-refractivity contribution is 7.20. The number of benzene rings is 1. The van der Waals surface area contributed by atoms with Crippen molar-refractivity contribution in [3.05, 3.63) is 56.5 Å². The Morgan fingerprint density at radius 1 is 1.22 bits per heavy atom. The molecule has 0 saturated carbocycles. The van der Waals surface area contributed by atoms with E-state index in [1.165, 1.54) is 34.2 Å². The normalized spacial score (nSPS) is 13.7. The lowest BCUT2D eigenvalue weighted by Gasteiger charge is -2.09. The number of hydrogen-bond donors (Lipinski definition) is 1. The second-order valence-electron chi connectivity index (χ2n) is 7.79. The first-order valence-corrected chi connectivity index (χ1v) is 11.1. The van der Waals surface area contributed by atoms with Crippen LogP contribution in [0.1, 0.15) is 46.1 Å². The summed E-state index contributed by atoms with van der Waals surface area (Å²) in [5, 5.41) is 14.4. The lowest BCUT2D eigenvalue weighted by Crippen LogP contribution is -2.24. The number of aromatic nitrogens is 6. The molecule has 0 atom stereocenters. The number of aryl methyl sites for hydroxylation is 3. The average molecular weight is 454 g/mol. The van der Waals surface area contributed by atoms with Crippen LogP contribution in [-0.4, -0.2) is 35.7 Å². The van der Waals surface area contributed by atoms with Crippen LogP contribution in [0.25, 0.3) is 15.9 Å². The van der Waals surface area contributed by atoms with Crippen molar-refractivity contribution in [3.63, 3.8) is 0 Å². The summed E-state index contributed by atoms with van der Waals surface area (Å²) < 4.78 is 17.3. The van der Waals surface area contributed by atoms with Gasteiger partial charge in [0.25, 0.3) is 11.5 Å². The van der Waals surface area contributed by atoms with Crippen molar-refractivity contribution in [1.82, 2.24) is 29.8 Å². The molecule has 0 fully saturated rings. The van der Waals surface area contributed by atoms with Crippen molar-refractivity contribution in [2.24, 2.45) is 0 Å². The SMILES string of the molecule is Cc1c(C(=O)Nc2ccc(F)c(-n3nnnc3C)c2)sc2nc3n(c(=O)c12)CCCCC3. The Labute approximate surface area is 185 Å². The van der Waals surface area contributed by atoms with E-state index >= 15 is 0 Å². The number of amides is 1. The fraction of sp³-hybridized carbons (Fsp3) is 0.333. The second-order valence-corrected chi connectivity index (χ2v) is 8.79. The van der Waals surface area contributed by atoms with E-state index in [0.29, 0.717) is 38.7 Å². The third-order valence-electron chi connectivity index (χ3n) is 5.68. The molecule has 9 nitrogen and oxygen atoms in total. The largest absolute Gasteiger partial charge is 0.321 e. The van der Waals surface area contributed by atoms with Gasteiger partial charge in [-0.15, -0.1) is 16.4 Å². The minimum atomic E-state index is -0.518. The van der Waals surface area contributed by atoms with Crippen molar-refractivity contribution >= 4 is 33.1 Å². The van der Waals surface area contributed by atoms with Crippen LogP contribution in [0.3, 0.4) is 0 Å². The minimum Gasteiger partial charge on any atom is -0.321 e. The summed E-state index contributed by atoms with van der Waals surface area (Å²) in [5.41, 5.74) is 1.04. The summed E-state index contributed by atoms with van der Waals surface area (Å²) in [5.74, 6) is 0.304. The van der Waals surface area contributed by atoms with Gasteiger partial charge in [0.2, 0.25) is 0 Å². The monoisotopic (exact) mass is 453 g/mol. The molecule has 1 N–H and O–H groups in total. The number of carbonyl (C=O) groups excluding carboxylic acids is 1. The fourth-order valence-electron chi connectivity index (χ4n) is 4.02. The number of thiophene rings is 1. The topological polar surface area (TPSA) is 108 Å². The van der Waals surface area contributed by atoms with E-state index in [-0.39, 0.29) is 17.2 Å². The average Bonchev–Trinajstić information content (AvgIpc) is 3.24. The van der Waals surface area contributed by atoms with Crippen molar-refractivity contribution in [3.8, 4) is 5.69 Å². The zero-order valence-corrected chi connectivity index (χ0v) is 18.4. The van der Waals surface area contributed by atoms with E-state index in [1.807, 2.05) is 0 Å². The Bertz CT molecular complexity index is 1420. The number of rotatable bonds is 3. The molecule has 3 aromatic heterocycles. The molecule has 5 rings (SSSR count). The van der Waals surface area contributed by atoms with Crippen LogP contribution in [0.2, 0.25) is 0 Å². The third-order valence-corrected chi connectivity index (χ3v) is 6.86. The standard InChI is InChI=1S/C21H20FN7O2S/c1-11-17-20(24-16-6-4-3-5-9-28(16)21(17)31)32-18(11)19(30)23-13-7-8-14(22)15(10-13)29-12(2)25-26-27-29/h7-8,10H,3-6,9H2,1-2H3,(H,23,30). The molecule has 0 unspecified atom stereocenters. The summed E-state index contributed by atoms with van der Waals surface area (Å²) in [6.07, 6.45) is 3.79. The van der Waals surface area contributed by atoms with Gasteiger partial charge in [-0.2, -0.15) is 4.68 Å². The first-order valence-electron chi connectivity index (χ1n) is 10.3. The molecule has 0 aliphatic carbocycles. The van der Waals surface area contributed by atoms with E-state index in [2.05, 4.69) is 20.8 Å². The molecule has 0 spiro atoms. The first kappa shape index (κ1) is 20.4. The molecular weight excluding hydrogens is 433 g/mol. The summed E-state index contributed by atoms with van der Waals surface area (Å²) in [6, 6.07) is 4.18. The van der Waals surface area contributed by atoms with Gasteiger partial charge in [-0.25, -0.2) is 9.37 Å². The van der Waals surface area contributed by atoms with Crippen molar-refractivity contribution in [2.75, 3.05) is 5.32 Å². The third kappa shape index (κ3) is 3.38. The lowest BCUT2D eigenvalue weighted by molar-refractivity contribution is 0.103. The van der Waals surface area contributed by atoms with Crippen LogP contribution in [0.4, 0.5) is 10.1 Å². The van der Waals surface area contributed by atoms with Gasteiger partial charge in [0.1, 0.15) is 22.2 Å². The van der Waals surface area contributed by atoms with Crippen LogP contribution < -0.4 is 10.9 Å². The fourth-order valence-corrected chi connectivity index (χ4v) is 5.11. The molecule has 1 aliphatic rings. The first-order chi connectivity index (χ1) is 15.4. The van der Waals surface area contributed by atoms with Gasteiger partial charge in [-0.3, -0.25) is 14.2 Å². The predicted molar refractivity (Wildman–Crippen MR) is 118 cm³/mol. The number of carbonyl (C=O) groups is 1. The van der Waals surface area contributed by atoms with E-state index in [0.717, 1.165) is 31.5 Å². The highest BCUT2D eigenvalue weighted by Gasteiger charge is 2.22. The lowest BCUT2D eigenvalue weighted by atomic mass is 10.2. The van der Waals surface area contributed by atoms with Gasteiger partial charge in [-0.1, -0.05) is 6.42 Å². The molecule has 1 aliphatic heterocycles. The van der Waals surface area contributed by atoms with Crippen molar-refractivity contribution in [1.29, 1.82) is 0 Å². The summed E-state index contributed by atoms with van der Waals surface area (Å²) >= 11 is 1.20. The van der Waals surface area contributed by atoms with Gasteiger partial charge < -0.3 is 5.32 Å². The number of nitrogens with one attached hydrogen (secondary N) is 1. The molecule has 4 heterocycles. The Hall–Kier alpha value is -3.47. The quantitative estimate of drug-likeness (QED) is 0.511. The zero-order chi connectivity index (χ0) is 22.4. The predicted octanol–water partition coefficient (Wildman–Crippen LogP) is 3.17. The van der Waals surface area contributed by atoms with Gasteiger partial charge in [0, 0.05) is 18.7 Å². The van der Waals surface area contributed by atoms with E-state index in [4.69, 9.17) is 4.98 Å². The van der Waals surface area contributed by atoms with Gasteiger partial charge in [-0.05, 0) is 60.9 Å². The molecule has 1 amide bonds. The molecule has 11 heteroatoms. The van der Waals surface area contributed by atoms with Crippen LogP contribution >= 0.6 is 11.3 Å². The second kappa shape index (κ2) is 7.90. The maximum Gasteiger partial charge on any atom is 0.266 e. The van der Waals surface area contributed by atoms with Crippen LogP contribution in [-0.2, 0) is 13.0 Å². The summed E-state index contributed by atoms with van der Waals surface area (Å²) in [7, 11) is 0. The summed E-state index contributed by atoms with van der Waals surface area (Å²) in [6.45, 7) is 4.07. The molecule has 4 aromatic rings. The number of hydrogen-bond acceptors (Lipinski definition) is 7. The Morgan fingerprint density at radius 2 is 2.06 bits per heavy atom. The minimum absolute atomic E-state index is 0.0853. The van der Waals surface area contributed by atoms with Gasteiger partial charge >= 0.3 is 0 Å². The van der Waals surface area contributed by atoms with E-state index in [1.54, 1.807) is 18.4 Å². The van der Waals surface area contributed by atoms with E-state index in [9.17, 15) is 14.0 Å². The van der Waals surface area contributed by atoms with E-state index < -0.39 is 5.82 Å². The molecule has 1 aromatic carbocycles. The number of fused-ring (bicyclic) bond motifs is 2. The zero-order valence-electron chi connectivity index (χ0n) is 17.6. The molecule has 0 bridgehead atoms.